The third-order valence-corrected chi connectivity index (χ3v) is 0. The quantitative estimate of drug-likeness (QED) is 0.361. The van der Waals surface area contributed by atoms with Gasteiger partial charge in [-0.1, -0.05) is 0 Å². The zero-order valence-corrected chi connectivity index (χ0v) is 3.25. The zero-order chi connectivity index (χ0) is 5.58. The molecule has 0 fully saturated rings. The van der Waals surface area contributed by atoms with Gasteiger partial charge in [0, 0.05) is 7.11 Å². The maximum atomic E-state index is 8.56. The first kappa shape index (κ1) is 22.9. The normalized spacial score (nSPS) is 3.75. The molecule has 8 heavy (non-hydrogen) atoms. The Bertz CT molecular complexity index is 35.0. The van der Waals surface area contributed by atoms with E-state index in [1.807, 2.05) is 0 Å². The average Bonchev–Trinajstić information content (AvgIpc) is 1.41. The summed E-state index contributed by atoms with van der Waals surface area (Å²) in [5.41, 5.74) is 0. The molecular formula is C2H8Na2O4. The van der Waals surface area contributed by atoms with E-state index in [1.165, 1.54) is 0 Å². The van der Waals surface area contributed by atoms with Crippen molar-refractivity contribution in [3.8, 4) is 0 Å². The fourth-order valence-electron chi connectivity index (χ4n) is 0. The summed E-state index contributed by atoms with van der Waals surface area (Å²) in [5, 5.41) is 20.9. The number of carboxylic acid groups (broad SMARTS) is 2. The van der Waals surface area contributed by atoms with Gasteiger partial charge in [0.25, 0.3) is 0 Å². The SMILES string of the molecule is CO.O=C(O)O.[NaH].[NaH]. The van der Waals surface area contributed by atoms with Gasteiger partial charge < -0.3 is 15.3 Å². The molecule has 0 aliphatic rings. The van der Waals surface area contributed by atoms with Gasteiger partial charge in [-0.25, -0.2) is 4.79 Å². The van der Waals surface area contributed by atoms with Crippen LogP contribution in [0.15, 0.2) is 0 Å². The molecule has 3 N–H and O–H groups in total. The number of rotatable bonds is 0. The van der Waals surface area contributed by atoms with E-state index in [0.717, 1.165) is 7.11 Å². The molecular weight excluding hydrogens is 134 g/mol. The van der Waals surface area contributed by atoms with Crippen molar-refractivity contribution in [1.82, 2.24) is 0 Å². The zero-order valence-electron chi connectivity index (χ0n) is 3.25. The minimum absolute atomic E-state index is 0. The van der Waals surface area contributed by atoms with Gasteiger partial charge in [0.15, 0.2) is 0 Å². The van der Waals surface area contributed by atoms with Crippen LogP contribution in [0.5, 0.6) is 0 Å². The molecule has 0 atom stereocenters. The van der Waals surface area contributed by atoms with Crippen molar-refractivity contribution in [2.24, 2.45) is 0 Å². The van der Waals surface area contributed by atoms with Gasteiger partial charge in [-0.3, -0.25) is 0 Å². The van der Waals surface area contributed by atoms with Crippen LogP contribution in [0.4, 0.5) is 4.79 Å². The Hall–Kier alpha value is 1.23. The fraction of sp³-hybridized carbons (Fsp3) is 0.500. The molecule has 0 aromatic rings. The van der Waals surface area contributed by atoms with Gasteiger partial charge in [-0.05, 0) is 0 Å². The second-order valence-corrected chi connectivity index (χ2v) is 0.283. The number of carbonyl (C=O) groups is 1. The van der Waals surface area contributed by atoms with Crippen LogP contribution in [0.2, 0.25) is 0 Å². The fourth-order valence-corrected chi connectivity index (χ4v) is 0. The summed E-state index contributed by atoms with van der Waals surface area (Å²) in [7, 11) is 1.00. The van der Waals surface area contributed by atoms with Crippen molar-refractivity contribution in [3.63, 3.8) is 0 Å². The number of hydrogen-bond acceptors (Lipinski definition) is 2. The first-order chi connectivity index (χ1) is 2.73. The Labute approximate surface area is 91.5 Å². The van der Waals surface area contributed by atoms with Crippen LogP contribution >= 0.6 is 0 Å². The standard InChI is InChI=1S/CH2O3.CH4O.2Na.2H/c2-1(3)4;1-2;;;;/h(H2,2,3,4);2H,1H3;;;;. The average molecular weight is 142 g/mol. The molecule has 0 saturated heterocycles. The van der Waals surface area contributed by atoms with Crippen LogP contribution in [-0.4, -0.2) is 87.7 Å². The predicted molar refractivity (Wildman–Crippen MR) is 33.1 cm³/mol. The first-order valence-corrected chi connectivity index (χ1v) is 1.10. The van der Waals surface area contributed by atoms with E-state index in [1.54, 1.807) is 0 Å². The Kier molecular flexibility index (Phi) is 68.7. The summed E-state index contributed by atoms with van der Waals surface area (Å²) in [5.74, 6) is 0. The van der Waals surface area contributed by atoms with Crippen molar-refractivity contribution in [2.45, 2.75) is 0 Å². The van der Waals surface area contributed by atoms with E-state index >= 15 is 0 Å². The van der Waals surface area contributed by atoms with Gasteiger partial charge in [-0.2, -0.15) is 0 Å². The number of aliphatic hydroxyl groups excluding tert-OH is 1. The Morgan fingerprint density at radius 2 is 1.12 bits per heavy atom. The molecule has 0 rings (SSSR count). The van der Waals surface area contributed by atoms with E-state index in [4.69, 9.17) is 20.1 Å². The van der Waals surface area contributed by atoms with E-state index in [-0.39, 0.29) is 59.1 Å². The van der Waals surface area contributed by atoms with Crippen molar-refractivity contribution in [2.75, 3.05) is 7.11 Å². The minimum atomic E-state index is -1.83. The molecule has 6 heteroatoms. The van der Waals surface area contributed by atoms with E-state index in [9.17, 15) is 0 Å². The van der Waals surface area contributed by atoms with Gasteiger partial charge in [-0.15, -0.1) is 0 Å². The summed E-state index contributed by atoms with van der Waals surface area (Å²) in [6.45, 7) is 0. The molecule has 0 spiro atoms. The maximum absolute atomic E-state index is 8.56. The summed E-state index contributed by atoms with van der Waals surface area (Å²) in [6, 6.07) is 0. The van der Waals surface area contributed by atoms with Gasteiger partial charge >= 0.3 is 65.3 Å². The third kappa shape index (κ3) is 185. The molecule has 0 aliphatic carbocycles. The van der Waals surface area contributed by atoms with Gasteiger partial charge in [0.2, 0.25) is 0 Å². The van der Waals surface area contributed by atoms with Crippen molar-refractivity contribution in [3.05, 3.63) is 0 Å². The molecule has 0 aromatic carbocycles. The van der Waals surface area contributed by atoms with Crippen molar-refractivity contribution >= 4 is 65.3 Å². The molecule has 0 heterocycles. The van der Waals surface area contributed by atoms with Crippen LogP contribution in [0.25, 0.3) is 0 Å². The summed E-state index contributed by atoms with van der Waals surface area (Å²) in [6.07, 6.45) is -1.83. The van der Waals surface area contributed by atoms with Crippen LogP contribution in [0.1, 0.15) is 0 Å². The van der Waals surface area contributed by atoms with E-state index < -0.39 is 6.16 Å². The molecule has 0 unspecified atom stereocenters. The van der Waals surface area contributed by atoms with Crippen molar-refractivity contribution < 1.29 is 20.1 Å². The Morgan fingerprint density at radius 1 is 1.12 bits per heavy atom. The van der Waals surface area contributed by atoms with Crippen LogP contribution < -0.4 is 0 Å². The van der Waals surface area contributed by atoms with Gasteiger partial charge in [0.05, 0.1) is 0 Å². The monoisotopic (exact) mass is 142 g/mol. The third-order valence-electron chi connectivity index (χ3n) is 0. The molecule has 0 amide bonds. The van der Waals surface area contributed by atoms with Crippen LogP contribution in [0, 0.1) is 0 Å². The molecule has 4 nitrogen and oxygen atoms in total. The van der Waals surface area contributed by atoms with Crippen molar-refractivity contribution in [1.29, 1.82) is 0 Å². The second-order valence-electron chi connectivity index (χ2n) is 0.283. The van der Waals surface area contributed by atoms with E-state index in [2.05, 4.69) is 0 Å². The molecule has 42 valence electrons. The Balaban J connectivity index is -0.0000000183. The molecule has 0 bridgehead atoms. The topological polar surface area (TPSA) is 77.8 Å². The summed E-state index contributed by atoms with van der Waals surface area (Å²) < 4.78 is 0. The molecule has 0 radical (unpaired) electrons. The molecule has 0 aromatic heterocycles. The summed E-state index contributed by atoms with van der Waals surface area (Å²) in [4.78, 5) is 8.56. The molecule has 0 saturated carbocycles. The second kappa shape index (κ2) is 24.0. The van der Waals surface area contributed by atoms with Crippen LogP contribution in [-0.2, 0) is 0 Å². The number of hydrogen-bond donors (Lipinski definition) is 3. The first-order valence-electron chi connectivity index (χ1n) is 1.10. The summed E-state index contributed by atoms with van der Waals surface area (Å²) >= 11 is 0. The predicted octanol–water partition coefficient (Wildman–Crippen LogP) is -1.47. The van der Waals surface area contributed by atoms with Gasteiger partial charge in [0.1, 0.15) is 0 Å². The Morgan fingerprint density at radius 3 is 1.12 bits per heavy atom. The molecule has 0 aliphatic heterocycles. The number of aliphatic hydroxyl groups is 1. The van der Waals surface area contributed by atoms with E-state index in [0.29, 0.717) is 0 Å². The van der Waals surface area contributed by atoms with Crippen LogP contribution in [0.3, 0.4) is 0 Å².